The second kappa shape index (κ2) is 5.24. The van der Waals surface area contributed by atoms with Crippen molar-refractivity contribution in [2.45, 2.75) is 6.54 Å². The zero-order valence-corrected chi connectivity index (χ0v) is 8.24. The van der Waals surface area contributed by atoms with Crippen LogP contribution < -0.4 is 16.6 Å². The minimum absolute atomic E-state index is 0.0473. The molecule has 1 aromatic rings. The number of rotatable bonds is 5. The highest BCUT2D eigenvalue weighted by Gasteiger charge is 2.14. The first-order chi connectivity index (χ1) is 7.56. The summed E-state index contributed by atoms with van der Waals surface area (Å²) < 4.78 is 0. The van der Waals surface area contributed by atoms with Gasteiger partial charge in [-0.3, -0.25) is 9.78 Å². The van der Waals surface area contributed by atoms with Crippen LogP contribution in [0.25, 0.3) is 0 Å². The molecule has 1 heterocycles. The van der Waals surface area contributed by atoms with Gasteiger partial charge < -0.3 is 20.5 Å². The summed E-state index contributed by atoms with van der Waals surface area (Å²) in [6, 6.07) is 0. The van der Waals surface area contributed by atoms with Crippen molar-refractivity contribution in [2.24, 2.45) is 0 Å². The van der Waals surface area contributed by atoms with Crippen molar-refractivity contribution in [1.82, 2.24) is 15.3 Å². The maximum Gasteiger partial charge on any atom is 0.352 e. The van der Waals surface area contributed by atoms with E-state index in [1.54, 1.807) is 0 Å². The van der Waals surface area contributed by atoms with Gasteiger partial charge in [-0.2, -0.15) is 0 Å². The van der Waals surface area contributed by atoms with Crippen molar-refractivity contribution in [3.8, 4) is 0 Å². The lowest BCUT2D eigenvalue weighted by Gasteiger charge is -2.04. The Morgan fingerprint density at radius 3 is 2.56 bits per heavy atom. The van der Waals surface area contributed by atoms with Crippen LogP contribution in [0.1, 0.15) is 16.1 Å². The van der Waals surface area contributed by atoms with E-state index in [0.29, 0.717) is 0 Å². The third kappa shape index (κ3) is 2.78. The smallest absolute Gasteiger partial charge is 0.352 e. The number of H-pyrrole nitrogens is 2. The maximum absolute atomic E-state index is 11.3. The summed E-state index contributed by atoms with van der Waals surface area (Å²) in [6.07, 6.45) is 0. The number of aliphatic hydroxyl groups is 1. The van der Waals surface area contributed by atoms with Crippen LogP contribution in [0.3, 0.4) is 0 Å². The largest absolute Gasteiger partial charge is 0.477 e. The van der Waals surface area contributed by atoms with E-state index in [4.69, 9.17) is 10.2 Å². The molecule has 0 atom stereocenters. The highest BCUT2D eigenvalue weighted by Crippen LogP contribution is 1.96. The molecule has 8 heteroatoms. The van der Waals surface area contributed by atoms with Gasteiger partial charge >= 0.3 is 11.7 Å². The molecule has 0 unspecified atom stereocenters. The molecule has 0 aromatic carbocycles. The van der Waals surface area contributed by atoms with Crippen molar-refractivity contribution in [3.05, 3.63) is 32.1 Å². The molecular weight excluding hydrogens is 218 g/mol. The molecule has 0 aliphatic carbocycles. The third-order valence-corrected chi connectivity index (χ3v) is 1.85. The lowest BCUT2D eigenvalue weighted by atomic mass is 10.2. The van der Waals surface area contributed by atoms with E-state index in [2.05, 4.69) is 5.32 Å². The van der Waals surface area contributed by atoms with E-state index < -0.39 is 22.9 Å². The molecule has 1 aromatic heterocycles. The van der Waals surface area contributed by atoms with Gasteiger partial charge in [0, 0.05) is 13.1 Å². The highest BCUT2D eigenvalue weighted by atomic mass is 16.4. The second-order valence-electron chi connectivity index (χ2n) is 2.97. The van der Waals surface area contributed by atoms with E-state index in [1.165, 1.54) is 0 Å². The fourth-order valence-corrected chi connectivity index (χ4v) is 1.16. The van der Waals surface area contributed by atoms with Crippen molar-refractivity contribution in [2.75, 3.05) is 13.2 Å². The number of carboxylic acid groups (broad SMARTS) is 1. The predicted molar refractivity (Wildman–Crippen MR) is 53.4 cm³/mol. The van der Waals surface area contributed by atoms with Gasteiger partial charge in [0.05, 0.1) is 12.2 Å². The SMILES string of the molecule is O=C(O)c1[nH]c(=O)[nH]c(=O)c1CNCCO. The van der Waals surface area contributed by atoms with E-state index in [0.717, 1.165) is 0 Å². The van der Waals surface area contributed by atoms with Gasteiger partial charge in [-0.25, -0.2) is 9.59 Å². The molecule has 0 saturated heterocycles. The Morgan fingerprint density at radius 1 is 1.31 bits per heavy atom. The van der Waals surface area contributed by atoms with Gasteiger partial charge in [-0.1, -0.05) is 0 Å². The van der Waals surface area contributed by atoms with Crippen LogP contribution in [0.2, 0.25) is 0 Å². The number of hydrogen-bond acceptors (Lipinski definition) is 5. The van der Waals surface area contributed by atoms with Crippen LogP contribution in [0.15, 0.2) is 9.59 Å². The van der Waals surface area contributed by atoms with Crippen LogP contribution in [0, 0.1) is 0 Å². The fraction of sp³-hybridized carbons (Fsp3) is 0.375. The summed E-state index contributed by atoms with van der Waals surface area (Å²) in [5, 5.41) is 19.9. The molecule has 0 amide bonds. The normalized spacial score (nSPS) is 10.3. The van der Waals surface area contributed by atoms with Crippen molar-refractivity contribution in [1.29, 1.82) is 0 Å². The number of aromatic nitrogens is 2. The van der Waals surface area contributed by atoms with E-state index in [9.17, 15) is 14.4 Å². The second-order valence-corrected chi connectivity index (χ2v) is 2.97. The molecule has 0 spiro atoms. The van der Waals surface area contributed by atoms with Crippen LogP contribution >= 0.6 is 0 Å². The number of aliphatic hydroxyl groups excluding tert-OH is 1. The van der Waals surface area contributed by atoms with Crippen molar-refractivity contribution in [3.63, 3.8) is 0 Å². The monoisotopic (exact) mass is 229 g/mol. The standard InChI is InChI=1S/C8H11N3O5/c12-2-1-9-3-4-5(7(14)15)10-8(16)11-6(4)13/h9,12H,1-3H2,(H,14,15)(H2,10,11,13,16). The Bertz CT molecular complexity index is 489. The average molecular weight is 229 g/mol. The Labute approximate surface area is 89.0 Å². The quantitative estimate of drug-likeness (QED) is 0.365. The molecule has 88 valence electrons. The molecule has 8 nitrogen and oxygen atoms in total. The molecule has 16 heavy (non-hydrogen) atoms. The Kier molecular flexibility index (Phi) is 3.97. The molecule has 0 bridgehead atoms. The number of carbonyl (C=O) groups is 1. The number of aromatic carboxylic acids is 1. The van der Waals surface area contributed by atoms with Crippen LogP contribution in [-0.2, 0) is 6.54 Å². The third-order valence-electron chi connectivity index (χ3n) is 1.85. The van der Waals surface area contributed by atoms with Gasteiger partial charge in [-0.05, 0) is 0 Å². The topological polar surface area (TPSA) is 135 Å². The number of hydrogen-bond donors (Lipinski definition) is 5. The van der Waals surface area contributed by atoms with Gasteiger partial charge in [0.25, 0.3) is 5.56 Å². The number of nitrogens with one attached hydrogen (secondary N) is 3. The van der Waals surface area contributed by atoms with E-state index >= 15 is 0 Å². The number of aromatic amines is 2. The minimum Gasteiger partial charge on any atom is -0.477 e. The molecule has 0 fully saturated rings. The van der Waals surface area contributed by atoms with Crippen molar-refractivity contribution < 1.29 is 15.0 Å². The number of carboxylic acids is 1. The lowest BCUT2D eigenvalue weighted by molar-refractivity contribution is 0.0688. The van der Waals surface area contributed by atoms with E-state index in [1.807, 2.05) is 9.97 Å². The molecule has 5 N–H and O–H groups in total. The summed E-state index contributed by atoms with van der Waals surface area (Å²) in [6.45, 7) is 0.0373. The van der Waals surface area contributed by atoms with Gasteiger partial charge in [0.15, 0.2) is 0 Å². The Hall–Kier alpha value is -1.93. The average Bonchev–Trinajstić information content (AvgIpc) is 2.20. The molecule has 1 rings (SSSR count). The molecule has 0 aliphatic heterocycles. The lowest BCUT2D eigenvalue weighted by Crippen LogP contribution is -2.33. The van der Waals surface area contributed by atoms with Gasteiger partial charge in [0.2, 0.25) is 0 Å². The minimum atomic E-state index is -1.39. The fourth-order valence-electron chi connectivity index (χ4n) is 1.16. The van der Waals surface area contributed by atoms with Crippen LogP contribution in [0.4, 0.5) is 0 Å². The predicted octanol–water partition coefficient (Wildman–Crippen LogP) is -2.16. The summed E-state index contributed by atoms with van der Waals surface area (Å²) in [7, 11) is 0. The molecule has 0 radical (unpaired) electrons. The summed E-state index contributed by atoms with van der Waals surface area (Å²) in [5.74, 6) is -1.39. The van der Waals surface area contributed by atoms with E-state index in [-0.39, 0.29) is 25.3 Å². The Morgan fingerprint density at radius 2 is 2.00 bits per heavy atom. The van der Waals surface area contributed by atoms with Crippen molar-refractivity contribution >= 4 is 5.97 Å². The maximum atomic E-state index is 11.3. The van der Waals surface area contributed by atoms with Gasteiger partial charge in [0.1, 0.15) is 5.69 Å². The first kappa shape index (κ1) is 12.1. The summed E-state index contributed by atoms with van der Waals surface area (Å²) >= 11 is 0. The summed E-state index contributed by atoms with van der Waals surface area (Å²) in [5.41, 5.74) is -2.15. The summed E-state index contributed by atoms with van der Waals surface area (Å²) in [4.78, 5) is 36.9. The molecular formula is C8H11N3O5. The zero-order valence-electron chi connectivity index (χ0n) is 8.24. The molecule has 0 aliphatic rings. The molecule has 0 saturated carbocycles. The van der Waals surface area contributed by atoms with Crippen LogP contribution in [0.5, 0.6) is 0 Å². The van der Waals surface area contributed by atoms with Crippen LogP contribution in [-0.4, -0.2) is 39.3 Å². The first-order valence-electron chi connectivity index (χ1n) is 4.46. The highest BCUT2D eigenvalue weighted by molar-refractivity contribution is 5.86. The van der Waals surface area contributed by atoms with Gasteiger partial charge in [-0.15, -0.1) is 0 Å². The Balaban J connectivity index is 3.10. The zero-order chi connectivity index (χ0) is 12.1. The first-order valence-corrected chi connectivity index (χ1v) is 4.46.